The van der Waals surface area contributed by atoms with Crippen molar-refractivity contribution in [3.8, 4) is 0 Å². The highest BCUT2D eigenvalue weighted by atomic mass is 15.3. The van der Waals surface area contributed by atoms with Crippen molar-refractivity contribution in [3.05, 3.63) is 65.5 Å². The lowest BCUT2D eigenvalue weighted by atomic mass is 10.0. The summed E-state index contributed by atoms with van der Waals surface area (Å²) < 4.78 is 0. The molecule has 1 aliphatic heterocycles. The first-order valence-electron chi connectivity index (χ1n) is 8.62. The smallest absolute Gasteiger partial charge is 0.0573 e. The fraction of sp³-hybridized carbons (Fsp3) is 0.450. The van der Waals surface area contributed by atoms with Gasteiger partial charge in [0, 0.05) is 45.5 Å². The topological polar surface area (TPSA) is 19.4 Å². The maximum atomic E-state index is 4.52. The standard InChI is InChI=1S/C20H27N3/c1-17-7-6-10-21-20(17)16-23-13-11-22(12-14-23)15-18(2)19-8-4-3-5-9-19/h3-10,18H,11-16H2,1-2H3/t18-/m0/s1. The molecule has 122 valence electrons. The van der Waals surface area contributed by atoms with Crippen molar-refractivity contribution in [2.24, 2.45) is 0 Å². The monoisotopic (exact) mass is 309 g/mol. The normalized spacial score (nSPS) is 18.0. The lowest BCUT2D eigenvalue weighted by Gasteiger charge is -2.36. The number of hydrogen-bond acceptors (Lipinski definition) is 3. The Morgan fingerprint density at radius 1 is 0.957 bits per heavy atom. The van der Waals surface area contributed by atoms with Gasteiger partial charge in [0.25, 0.3) is 0 Å². The highest BCUT2D eigenvalue weighted by molar-refractivity contribution is 5.19. The van der Waals surface area contributed by atoms with Crippen LogP contribution in [0.4, 0.5) is 0 Å². The molecule has 3 heteroatoms. The van der Waals surface area contributed by atoms with Gasteiger partial charge in [-0.2, -0.15) is 0 Å². The number of pyridine rings is 1. The molecule has 0 spiro atoms. The van der Waals surface area contributed by atoms with Crippen LogP contribution in [0.1, 0.15) is 29.7 Å². The molecule has 0 N–H and O–H groups in total. The molecule has 1 atom stereocenters. The molecule has 0 amide bonds. The van der Waals surface area contributed by atoms with Crippen LogP contribution in [-0.2, 0) is 6.54 Å². The van der Waals surface area contributed by atoms with E-state index in [9.17, 15) is 0 Å². The van der Waals surface area contributed by atoms with Gasteiger partial charge in [0.15, 0.2) is 0 Å². The molecule has 2 heterocycles. The predicted octanol–water partition coefficient (Wildman–Crippen LogP) is 3.31. The summed E-state index contributed by atoms with van der Waals surface area (Å²) >= 11 is 0. The van der Waals surface area contributed by atoms with Crippen molar-refractivity contribution < 1.29 is 0 Å². The van der Waals surface area contributed by atoms with Crippen LogP contribution in [0.5, 0.6) is 0 Å². The Balaban J connectivity index is 1.48. The minimum atomic E-state index is 0.598. The molecular weight excluding hydrogens is 282 g/mol. The van der Waals surface area contributed by atoms with E-state index in [0.717, 1.165) is 39.3 Å². The van der Waals surface area contributed by atoms with Gasteiger partial charge in [-0.1, -0.05) is 43.3 Å². The minimum absolute atomic E-state index is 0.598. The Kier molecular flexibility index (Phi) is 5.42. The summed E-state index contributed by atoms with van der Waals surface area (Å²) in [7, 11) is 0. The van der Waals surface area contributed by atoms with Crippen molar-refractivity contribution in [1.29, 1.82) is 0 Å². The van der Waals surface area contributed by atoms with E-state index in [1.54, 1.807) is 0 Å². The van der Waals surface area contributed by atoms with E-state index in [2.05, 4.69) is 65.0 Å². The van der Waals surface area contributed by atoms with Crippen LogP contribution in [0.3, 0.4) is 0 Å². The molecule has 1 fully saturated rings. The Morgan fingerprint density at radius 3 is 2.35 bits per heavy atom. The Labute approximate surface area is 140 Å². The van der Waals surface area contributed by atoms with E-state index in [-0.39, 0.29) is 0 Å². The summed E-state index contributed by atoms with van der Waals surface area (Å²) in [5.74, 6) is 0.598. The van der Waals surface area contributed by atoms with Gasteiger partial charge in [0.2, 0.25) is 0 Å². The Bertz CT molecular complexity index is 603. The molecule has 1 aliphatic rings. The van der Waals surface area contributed by atoms with Crippen LogP contribution in [0.15, 0.2) is 48.7 Å². The van der Waals surface area contributed by atoms with Crippen molar-refractivity contribution in [3.63, 3.8) is 0 Å². The number of nitrogens with zero attached hydrogens (tertiary/aromatic N) is 3. The molecule has 0 radical (unpaired) electrons. The van der Waals surface area contributed by atoms with Crippen molar-refractivity contribution in [1.82, 2.24) is 14.8 Å². The SMILES string of the molecule is Cc1cccnc1CN1CCN(C[C@H](C)c2ccccc2)CC1. The largest absolute Gasteiger partial charge is 0.300 e. The third kappa shape index (κ3) is 4.40. The number of rotatable bonds is 5. The average molecular weight is 309 g/mol. The van der Waals surface area contributed by atoms with Gasteiger partial charge in [0.1, 0.15) is 0 Å². The molecule has 1 aromatic heterocycles. The van der Waals surface area contributed by atoms with E-state index < -0.39 is 0 Å². The molecule has 2 aromatic rings. The molecule has 3 rings (SSSR count). The van der Waals surface area contributed by atoms with E-state index >= 15 is 0 Å². The average Bonchev–Trinajstić information content (AvgIpc) is 2.59. The zero-order valence-electron chi connectivity index (χ0n) is 14.3. The lowest BCUT2D eigenvalue weighted by Crippen LogP contribution is -2.47. The van der Waals surface area contributed by atoms with Crippen LogP contribution in [0, 0.1) is 6.92 Å². The maximum absolute atomic E-state index is 4.52. The third-order valence-corrected chi connectivity index (χ3v) is 4.86. The van der Waals surface area contributed by atoms with Crippen LogP contribution in [0.2, 0.25) is 0 Å². The van der Waals surface area contributed by atoms with Crippen LogP contribution in [0.25, 0.3) is 0 Å². The number of piperazine rings is 1. The molecule has 0 saturated carbocycles. The first kappa shape index (κ1) is 16.2. The summed E-state index contributed by atoms with van der Waals surface area (Å²) in [5, 5.41) is 0. The van der Waals surface area contributed by atoms with Crippen molar-refractivity contribution >= 4 is 0 Å². The highest BCUT2D eigenvalue weighted by Crippen LogP contribution is 2.17. The zero-order valence-corrected chi connectivity index (χ0v) is 14.3. The second-order valence-corrected chi connectivity index (χ2v) is 6.66. The third-order valence-electron chi connectivity index (χ3n) is 4.86. The van der Waals surface area contributed by atoms with Crippen molar-refractivity contribution in [2.75, 3.05) is 32.7 Å². The quantitative estimate of drug-likeness (QED) is 0.845. The van der Waals surface area contributed by atoms with E-state index in [1.165, 1.54) is 16.8 Å². The van der Waals surface area contributed by atoms with Gasteiger partial charge in [-0.15, -0.1) is 0 Å². The van der Waals surface area contributed by atoms with Gasteiger partial charge in [0.05, 0.1) is 5.69 Å². The van der Waals surface area contributed by atoms with Gasteiger partial charge in [-0.3, -0.25) is 9.88 Å². The Hall–Kier alpha value is -1.71. The second-order valence-electron chi connectivity index (χ2n) is 6.66. The molecule has 0 bridgehead atoms. The first-order valence-corrected chi connectivity index (χ1v) is 8.62. The fourth-order valence-electron chi connectivity index (χ4n) is 3.30. The van der Waals surface area contributed by atoms with Crippen LogP contribution in [-0.4, -0.2) is 47.5 Å². The molecule has 1 saturated heterocycles. The van der Waals surface area contributed by atoms with Crippen LogP contribution < -0.4 is 0 Å². The summed E-state index contributed by atoms with van der Waals surface area (Å²) in [5.41, 5.74) is 3.96. The van der Waals surface area contributed by atoms with Crippen LogP contribution >= 0.6 is 0 Å². The number of aryl methyl sites for hydroxylation is 1. The summed E-state index contributed by atoms with van der Waals surface area (Å²) in [6.07, 6.45) is 1.90. The number of aromatic nitrogens is 1. The zero-order chi connectivity index (χ0) is 16.1. The molecular formula is C20H27N3. The molecule has 23 heavy (non-hydrogen) atoms. The lowest BCUT2D eigenvalue weighted by molar-refractivity contribution is 0.122. The minimum Gasteiger partial charge on any atom is -0.300 e. The predicted molar refractivity (Wildman–Crippen MR) is 95.5 cm³/mol. The van der Waals surface area contributed by atoms with E-state index in [1.807, 2.05) is 12.3 Å². The van der Waals surface area contributed by atoms with Gasteiger partial charge in [-0.05, 0) is 30.0 Å². The highest BCUT2D eigenvalue weighted by Gasteiger charge is 2.19. The summed E-state index contributed by atoms with van der Waals surface area (Å²) in [6.45, 7) is 11.2. The summed E-state index contributed by atoms with van der Waals surface area (Å²) in [4.78, 5) is 9.65. The van der Waals surface area contributed by atoms with Gasteiger partial charge < -0.3 is 4.90 Å². The van der Waals surface area contributed by atoms with E-state index in [0.29, 0.717) is 5.92 Å². The van der Waals surface area contributed by atoms with Gasteiger partial charge >= 0.3 is 0 Å². The maximum Gasteiger partial charge on any atom is 0.0573 e. The molecule has 1 aromatic carbocycles. The fourth-order valence-corrected chi connectivity index (χ4v) is 3.30. The Morgan fingerprint density at radius 2 is 1.65 bits per heavy atom. The molecule has 0 aliphatic carbocycles. The first-order chi connectivity index (χ1) is 11.2. The van der Waals surface area contributed by atoms with Crippen molar-refractivity contribution in [2.45, 2.75) is 26.3 Å². The summed E-state index contributed by atoms with van der Waals surface area (Å²) in [6, 6.07) is 15.0. The molecule has 0 unspecified atom stereocenters. The van der Waals surface area contributed by atoms with Gasteiger partial charge in [-0.25, -0.2) is 0 Å². The number of hydrogen-bond donors (Lipinski definition) is 0. The second kappa shape index (κ2) is 7.71. The van der Waals surface area contributed by atoms with E-state index in [4.69, 9.17) is 0 Å². The molecule has 3 nitrogen and oxygen atoms in total. The number of benzene rings is 1.